The van der Waals surface area contributed by atoms with Crippen LogP contribution in [0.15, 0.2) is 18.2 Å². The van der Waals surface area contributed by atoms with Crippen LogP contribution in [0, 0.1) is 0 Å². The number of carbonyl (C=O) groups is 1. The van der Waals surface area contributed by atoms with Gasteiger partial charge in [-0.2, -0.15) is 0 Å². The van der Waals surface area contributed by atoms with Crippen molar-refractivity contribution in [3.63, 3.8) is 0 Å². The molecule has 0 aliphatic rings. The van der Waals surface area contributed by atoms with Gasteiger partial charge in [0.1, 0.15) is 11.5 Å². The topological polar surface area (TPSA) is 87.6 Å². The monoisotopic (exact) mass is 224 g/mol. The number of carbonyl (C=O) groups excluding carboxylic acids is 1. The first-order valence-electron chi connectivity index (χ1n) is 4.84. The van der Waals surface area contributed by atoms with Gasteiger partial charge in [-0.15, -0.1) is 0 Å². The molecule has 0 heterocycles. The van der Waals surface area contributed by atoms with E-state index in [2.05, 4.69) is 0 Å². The lowest BCUT2D eigenvalue weighted by molar-refractivity contribution is -0.118. The number of benzene rings is 1. The third-order valence-electron chi connectivity index (χ3n) is 2.26. The maximum absolute atomic E-state index is 10.8. The van der Waals surface area contributed by atoms with Crippen LogP contribution in [0.5, 0.6) is 11.5 Å². The first-order chi connectivity index (χ1) is 7.58. The zero-order valence-electron chi connectivity index (χ0n) is 9.40. The lowest BCUT2D eigenvalue weighted by Gasteiger charge is -2.15. The normalized spacial score (nSPS) is 11.9. The minimum atomic E-state index is -0.460. The van der Waals surface area contributed by atoms with Gasteiger partial charge in [0.25, 0.3) is 0 Å². The number of amides is 1. The van der Waals surface area contributed by atoms with Gasteiger partial charge in [0.15, 0.2) is 0 Å². The average molecular weight is 224 g/mol. The molecule has 16 heavy (non-hydrogen) atoms. The summed E-state index contributed by atoms with van der Waals surface area (Å²) < 4.78 is 10.2. The number of rotatable bonds is 5. The third-order valence-corrected chi connectivity index (χ3v) is 2.26. The van der Waals surface area contributed by atoms with Gasteiger partial charge in [0.05, 0.1) is 14.2 Å². The molecular formula is C11H16N2O3. The van der Waals surface area contributed by atoms with Gasteiger partial charge in [-0.05, 0) is 6.07 Å². The van der Waals surface area contributed by atoms with Crippen molar-refractivity contribution in [1.29, 1.82) is 0 Å². The van der Waals surface area contributed by atoms with Gasteiger partial charge in [-0.1, -0.05) is 6.07 Å². The lowest BCUT2D eigenvalue weighted by Crippen LogP contribution is -2.21. The number of hydrogen-bond donors (Lipinski definition) is 2. The molecule has 4 N–H and O–H groups in total. The molecule has 0 aliphatic heterocycles. The Balaban J connectivity index is 2.98. The highest BCUT2D eigenvalue weighted by molar-refractivity contribution is 5.74. The average Bonchev–Trinajstić information content (AvgIpc) is 2.27. The van der Waals surface area contributed by atoms with Crippen molar-refractivity contribution < 1.29 is 14.3 Å². The minimum Gasteiger partial charge on any atom is -0.497 e. The van der Waals surface area contributed by atoms with Gasteiger partial charge in [0.2, 0.25) is 5.91 Å². The fourth-order valence-electron chi connectivity index (χ4n) is 1.45. The first kappa shape index (κ1) is 12.3. The summed E-state index contributed by atoms with van der Waals surface area (Å²) in [5, 5.41) is 0. The van der Waals surface area contributed by atoms with E-state index in [0.29, 0.717) is 11.5 Å². The molecule has 0 bridgehead atoms. The third kappa shape index (κ3) is 2.87. The highest BCUT2D eigenvalue weighted by atomic mass is 16.5. The van der Waals surface area contributed by atoms with Crippen molar-refractivity contribution in [2.24, 2.45) is 11.5 Å². The second-order valence-corrected chi connectivity index (χ2v) is 3.38. The Hall–Kier alpha value is -1.75. The summed E-state index contributed by atoms with van der Waals surface area (Å²) in [4.78, 5) is 10.8. The van der Waals surface area contributed by atoms with E-state index in [1.807, 2.05) is 0 Å². The van der Waals surface area contributed by atoms with Gasteiger partial charge in [-0.3, -0.25) is 4.79 Å². The van der Waals surface area contributed by atoms with Crippen molar-refractivity contribution in [2.45, 2.75) is 12.5 Å². The van der Waals surface area contributed by atoms with E-state index in [-0.39, 0.29) is 6.42 Å². The van der Waals surface area contributed by atoms with Crippen LogP contribution < -0.4 is 20.9 Å². The van der Waals surface area contributed by atoms with Gasteiger partial charge >= 0.3 is 0 Å². The van der Waals surface area contributed by atoms with Crippen LogP contribution in [0.1, 0.15) is 18.0 Å². The molecule has 0 saturated carbocycles. The van der Waals surface area contributed by atoms with Crippen LogP contribution in [0.3, 0.4) is 0 Å². The number of methoxy groups -OCH3 is 2. The van der Waals surface area contributed by atoms with Crippen molar-refractivity contribution in [3.05, 3.63) is 23.8 Å². The van der Waals surface area contributed by atoms with Crippen LogP contribution >= 0.6 is 0 Å². The van der Waals surface area contributed by atoms with Crippen LogP contribution in [0.25, 0.3) is 0 Å². The van der Waals surface area contributed by atoms with Gasteiger partial charge in [-0.25, -0.2) is 0 Å². The van der Waals surface area contributed by atoms with Crippen molar-refractivity contribution in [2.75, 3.05) is 14.2 Å². The molecule has 0 spiro atoms. The van der Waals surface area contributed by atoms with E-state index >= 15 is 0 Å². The summed E-state index contributed by atoms with van der Waals surface area (Å²) in [6, 6.07) is 4.79. The van der Waals surface area contributed by atoms with Gasteiger partial charge in [0, 0.05) is 24.1 Å². The number of primary amides is 1. The molecule has 5 heteroatoms. The highest BCUT2D eigenvalue weighted by Crippen LogP contribution is 2.29. The predicted octanol–water partition coefficient (Wildman–Crippen LogP) is 0.579. The number of nitrogens with two attached hydrogens (primary N) is 2. The largest absolute Gasteiger partial charge is 0.497 e. The Bertz CT molecular complexity index is 379. The van der Waals surface area contributed by atoms with E-state index in [4.69, 9.17) is 20.9 Å². The molecule has 0 fully saturated rings. The molecule has 1 amide bonds. The Morgan fingerprint density at radius 1 is 1.38 bits per heavy atom. The SMILES string of the molecule is COc1ccc(C(N)CC(N)=O)c(OC)c1. The summed E-state index contributed by atoms with van der Waals surface area (Å²) in [6.45, 7) is 0. The molecular weight excluding hydrogens is 208 g/mol. The smallest absolute Gasteiger partial charge is 0.219 e. The Labute approximate surface area is 94.3 Å². The minimum absolute atomic E-state index is 0.0860. The number of ether oxygens (including phenoxy) is 2. The van der Waals surface area contributed by atoms with E-state index in [9.17, 15) is 4.79 Å². The zero-order chi connectivity index (χ0) is 12.1. The molecule has 5 nitrogen and oxygen atoms in total. The van der Waals surface area contributed by atoms with Crippen molar-refractivity contribution in [1.82, 2.24) is 0 Å². The summed E-state index contributed by atoms with van der Waals surface area (Å²) in [7, 11) is 3.10. The highest BCUT2D eigenvalue weighted by Gasteiger charge is 2.14. The molecule has 1 unspecified atom stereocenters. The maximum Gasteiger partial charge on any atom is 0.219 e. The van der Waals surface area contributed by atoms with E-state index < -0.39 is 11.9 Å². The lowest BCUT2D eigenvalue weighted by atomic mass is 10.0. The Kier molecular flexibility index (Phi) is 4.13. The van der Waals surface area contributed by atoms with Crippen molar-refractivity contribution in [3.8, 4) is 11.5 Å². The molecule has 1 rings (SSSR count). The van der Waals surface area contributed by atoms with Crippen LogP contribution in [-0.2, 0) is 4.79 Å². The fraction of sp³-hybridized carbons (Fsp3) is 0.364. The molecule has 1 aromatic rings. The summed E-state index contributed by atoms with van der Waals surface area (Å²) >= 11 is 0. The Morgan fingerprint density at radius 3 is 2.56 bits per heavy atom. The van der Waals surface area contributed by atoms with E-state index in [0.717, 1.165) is 5.56 Å². The van der Waals surface area contributed by atoms with Crippen LogP contribution in [-0.4, -0.2) is 20.1 Å². The van der Waals surface area contributed by atoms with Crippen molar-refractivity contribution >= 4 is 5.91 Å². The predicted molar refractivity (Wildman–Crippen MR) is 60.3 cm³/mol. The Morgan fingerprint density at radius 2 is 2.06 bits per heavy atom. The molecule has 0 radical (unpaired) electrons. The fourth-order valence-corrected chi connectivity index (χ4v) is 1.45. The maximum atomic E-state index is 10.8. The van der Waals surface area contributed by atoms with Gasteiger partial charge < -0.3 is 20.9 Å². The molecule has 0 aromatic heterocycles. The van der Waals surface area contributed by atoms with E-state index in [1.165, 1.54) is 7.11 Å². The summed E-state index contributed by atoms with van der Waals surface area (Å²) in [5.41, 5.74) is 11.7. The molecule has 88 valence electrons. The second kappa shape index (κ2) is 5.37. The summed E-state index contributed by atoms with van der Waals surface area (Å²) in [6.07, 6.45) is 0.0860. The quantitative estimate of drug-likeness (QED) is 0.765. The molecule has 0 aliphatic carbocycles. The standard InChI is InChI=1S/C11H16N2O3/c1-15-7-3-4-8(10(5-7)16-2)9(12)6-11(13)14/h3-5,9H,6,12H2,1-2H3,(H2,13,14). The van der Waals surface area contributed by atoms with Crippen LogP contribution in [0.2, 0.25) is 0 Å². The van der Waals surface area contributed by atoms with E-state index in [1.54, 1.807) is 25.3 Å². The molecule has 1 aromatic carbocycles. The first-order valence-corrected chi connectivity index (χ1v) is 4.84. The molecule has 1 atom stereocenters. The zero-order valence-corrected chi connectivity index (χ0v) is 9.40. The van der Waals surface area contributed by atoms with Crippen LogP contribution in [0.4, 0.5) is 0 Å². The molecule has 0 saturated heterocycles. The number of hydrogen-bond acceptors (Lipinski definition) is 4. The summed E-state index contributed by atoms with van der Waals surface area (Å²) in [5.74, 6) is 0.824. The second-order valence-electron chi connectivity index (χ2n) is 3.38.